The Kier molecular flexibility index (Phi) is 11.1. The van der Waals surface area contributed by atoms with Gasteiger partial charge in [-0.05, 0) is 53.4 Å². The van der Waals surface area contributed by atoms with Crippen LogP contribution in [0.15, 0.2) is 72.9 Å². The molecule has 0 fully saturated rings. The number of halogens is 2. The third kappa shape index (κ3) is 7.43. The summed E-state index contributed by atoms with van der Waals surface area (Å²) < 4.78 is 4.55. The highest BCUT2D eigenvalue weighted by Gasteiger charge is 2.18. The molecule has 0 spiro atoms. The van der Waals surface area contributed by atoms with E-state index in [1.165, 1.54) is 9.13 Å². The van der Waals surface area contributed by atoms with Crippen molar-refractivity contribution in [2.75, 3.05) is 17.2 Å². The number of nitrogens with zero attached hydrogens (tertiary/aromatic N) is 5. The van der Waals surface area contributed by atoms with Gasteiger partial charge in [0.05, 0.1) is 13.1 Å². The first-order chi connectivity index (χ1) is 20.4. The molecule has 0 aliphatic heterocycles. The van der Waals surface area contributed by atoms with Crippen molar-refractivity contribution < 1.29 is 0 Å². The second-order valence-electron chi connectivity index (χ2n) is 9.53. The third-order valence-corrected chi connectivity index (χ3v) is 6.94. The number of benzene rings is 2. The van der Waals surface area contributed by atoms with Crippen molar-refractivity contribution in [3.05, 3.63) is 116 Å². The molecule has 6 N–H and O–H groups in total. The Hall–Kier alpha value is -4.62. The van der Waals surface area contributed by atoms with E-state index in [2.05, 4.69) is 5.18 Å². The molecule has 228 valence electrons. The van der Waals surface area contributed by atoms with Gasteiger partial charge >= 0.3 is 11.4 Å². The van der Waals surface area contributed by atoms with E-state index in [0.29, 0.717) is 41.5 Å². The minimum Gasteiger partial charge on any atom is -0.391 e. The minimum absolute atomic E-state index is 0.0152. The molecule has 2 aromatic carbocycles. The monoisotopic (exact) mass is 630 g/mol. The van der Waals surface area contributed by atoms with E-state index < -0.39 is 28.2 Å². The molecular weight excluding hydrogens is 599 g/mol. The number of anilines is 3. The van der Waals surface area contributed by atoms with Crippen molar-refractivity contribution in [2.24, 2.45) is 5.18 Å². The summed E-state index contributed by atoms with van der Waals surface area (Å²) in [4.78, 5) is 60.1. The third-order valence-electron chi connectivity index (χ3n) is 6.44. The van der Waals surface area contributed by atoms with E-state index >= 15 is 0 Å². The maximum absolute atomic E-state index is 12.4. The largest absolute Gasteiger partial charge is 0.391 e. The second kappa shape index (κ2) is 14.5. The molecule has 0 unspecified atom stereocenters. The van der Waals surface area contributed by atoms with E-state index in [0.717, 1.165) is 14.7 Å². The highest BCUT2D eigenvalue weighted by atomic mass is 35.5. The van der Waals surface area contributed by atoms with Crippen LogP contribution in [0.4, 0.5) is 23.0 Å². The van der Waals surface area contributed by atoms with Crippen LogP contribution in [0, 0.1) is 4.91 Å². The Labute approximate surface area is 255 Å². The van der Waals surface area contributed by atoms with Crippen molar-refractivity contribution in [1.82, 2.24) is 18.3 Å². The van der Waals surface area contributed by atoms with Crippen LogP contribution in [0.25, 0.3) is 0 Å². The second-order valence-corrected chi connectivity index (χ2v) is 10.4. The van der Waals surface area contributed by atoms with Crippen LogP contribution >= 0.6 is 23.2 Å². The zero-order valence-corrected chi connectivity index (χ0v) is 25.1. The molecule has 0 bridgehead atoms. The summed E-state index contributed by atoms with van der Waals surface area (Å²) in [6.07, 6.45) is 1.34. The number of aromatic nitrogens is 4. The Morgan fingerprint density at radius 3 is 1.42 bits per heavy atom. The SMILES string of the molecule is CCCn1c(N)c(N)c(=O)n(Cc2ccc(Cl)cc2)c1=O.CCCn1c(N)c(N=O)c(=O)n(Cc2ccc(Cl)cc2)c1=O. The number of hydrogen-bond acceptors (Lipinski definition) is 9. The van der Waals surface area contributed by atoms with Gasteiger partial charge in [-0.15, -0.1) is 4.91 Å². The molecule has 2 aromatic heterocycles. The molecule has 0 saturated carbocycles. The number of nitrogens with two attached hydrogens (primary N) is 3. The van der Waals surface area contributed by atoms with Gasteiger partial charge in [-0.3, -0.25) is 27.9 Å². The molecule has 0 atom stereocenters. The number of hydrogen-bond donors (Lipinski definition) is 3. The number of rotatable bonds is 9. The van der Waals surface area contributed by atoms with Gasteiger partial charge in [0.25, 0.3) is 11.1 Å². The van der Waals surface area contributed by atoms with Gasteiger partial charge in [0, 0.05) is 23.1 Å². The van der Waals surface area contributed by atoms with Gasteiger partial charge in [-0.1, -0.05) is 61.3 Å². The highest BCUT2D eigenvalue weighted by Crippen LogP contribution is 2.16. The Bertz CT molecular complexity index is 1840. The van der Waals surface area contributed by atoms with Crippen molar-refractivity contribution in [2.45, 2.75) is 52.9 Å². The van der Waals surface area contributed by atoms with Crippen molar-refractivity contribution in [3.8, 4) is 0 Å². The lowest BCUT2D eigenvalue weighted by atomic mass is 10.2. The van der Waals surface area contributed by atoms with Crippen molar-refractivity contribution in [1.29, 1.82) is 0 Å². The van der Waals surface area contributed by atoms with Crippen LogP contribution in [-0.4, -0.2) is 18.3 Å². The molecule has 0 amide bonds. The molecule has 0 radical (unpaired) electrons. The van der Waals surface area contributed by atoms with Crippen LogP contribution in [0.5, 0.6) is 0 Å². The van der Waals surface area contributed by atoms with Crippen molar-refractivity contribution >= 4 is 46.2 Å². The lowest BCUT2D eigenvalue weighted by Crippen LogP contribution is -2.42. The lowest BCUT2D eigenvalue weighted by Gasteiger charge is -2.14. The number of nitrogen functional groups attached to an aromatic ring is 3. The average Bonchev–Trinajstić information content (AvgIpc) is 2.99. The lowest BCUT2D eigenvalue weighted by molar-refractivity contribution is 0.580. The predicted octanol–water partition coefficient (Wildman–Crippen LogP) is 3.39. The number of nitroso groups, excluding NO2 is 1. The standard InChI is InChI=1S/C14H15ClN4O3.C14H17ClN4O2/c1-2-7-18-12(16)11(17-22)13(20)19(14(18)21)8-9-3-5-10(15)6-4-9;1-2-7-18-12(17)11(16)13(20)19(14(18)21)8-9-3-5-10(15)6-4-9/h3-6H,2,7-8,16H2,1H3;3-6H,2,7-8,16-17H2,1H3. The fraction of sp³-hybridized carbons (Fsp3) is 0.286. The van der Waals surface area contributed by atoms with E-state index in [4.69, 9.17) is 40.4 Å². The maximum Gasteiger partial charge on any atom is 0.332 e. The Morgan fingerprint density at radius 2 is 1.02 bits per heavy atom. The molecule has 0 aliphatic rings. The van der Waals surface area contributed by atoms with Gasteiger partial charge in [-0.2, -0.15) is 0 Å². The fourth-order valence-electron chi connectivity index (χ4n) is 4.23. The molecule has 13 nitrogen and oxygen atoms in total. The van der Waals surface area contributed by atoms with E-state index in [1.54, 1.807) is 48.5 Å². The zero-order valence-electron chi connectivity index (χ0n) is 23.6. The van der Waals surface area contributed by atoms with Crippen molar-refractivity contribution in [3.63, 3.8) is 0 Å². The van der Waals surface area contributed by atoms with Gasteiger partial charge in [-0.25, -0.2) is 9.59 Å². The smallest absolute Gasteiger partial charge is 0.332 e. The molecule has 0 saturated heterocycles. The molecule has 4 rings (SSSR count). The Balaban J connectivity index is 0.000000236. The van der Waals surface area contributed by atoms with E-state index in [-0.39, 0.29) is 30.4 Å². The average molecular weight is 632 g/mol. The highest BCUT2D eigenvalue weighted by molar-refractivity contribution is 6.30. The topological polar surface area (TPSA) is 195 Å². The summed E-state index contributed by atoms with van der Waals surface area (Å²) in [5.41, 5.74) is 15.7. The predicted molar refractivity (Wildman–Crippen MR) is 170 cm³/mol. The zero-order chi connectivity index (χ0) is 31.8. The minimum atomic E-state index is -0.792. The molecular formula is C28H32Cl2N8O5. The van der Waals surface area contributed by atoms with Gasteiger partial charge in [0.1, 0.15) is 17.3 Å². The fourth-order valence-corrected chi connectivity index (χ4v) is 4.48. The maximum atomic E-state index is 12.4. The van der Waals surface area contributed by atoms with Gasteiger partial charge in [0.15, 0.2) is 0 Å². The normalized spacial score (nSPS) is 10.7. The molecule has 15 heteroatoms. The summed E-state index contributed by atoms with van der Waals surface area (Å²) in [5, 5.41) is 3.82. The first-order valence-corrected chi connectivity index (χ1v) is 14.0. The summed E-state index contributed by atoms with van der Waals surface area (Å²) in [5.74, 6) is -0.168. The summed E-state index contributed by atoms with van der Waals surface area (Å²) in [6, 6.07) is 13.6. The van der Waals surface area contributed by atoms with E-state index in [1.807, 2.05) is 13.8 Å². The first kappa shape index (κ1) is 32.9. The molecule has 4 aromatic rings. The molecule has 0 aliphatic carbocycles. The van der Waals surface area contributed by atoms with E-state index in [9.17, 15) is 24.1 Å². The van der Waals surface area contributed by atoms with Gasteiger partial charge < -0.3 is 17.2 Å². The molecule has 2 heterocycles. The van der Waals surface area contributed by atoms with Crippen LogP contribution in [0.3, 0.4) is 0 Å². The van der Waals surface area contributed by atoms with Crippen LogP contribution in [0.1, 0.15) is 37.8 Å². The quantitative estimate of drug-likeness (QED) is 0.234. The van der Waals surface area contributed by atoms with Crippen LogP contribution in [0.2, 0.25) is 10.0 Å². The Morgan fingerprint density at radius 1 is 0.628 bits per heavy atom. The molecule has 43 heavy (non-hydrogen) atoms. The summed E-state index contributed by atoms with van der Waals surface area (Å²) in [6.45, 7) is 4.62. The summed E-state index contributed by atoms with van der Waals surface area (Å²) in [7, 11) is 0. The van der Waals surface area contributed by atoms with Gasteiger partial charge in [0.2, 0.25) is 5.69 Å². The summed E-state index contributed by atoms with van der Waals surface area (Å²) >= 11 is 11.6. The first-order valence-electron chi connectivity index (χ1n) is 13.3. The van der Waals surface area contributed by atoms with Crippen LogP contribution < -0.4 is 39.7 Å². The van der Waals surface area contributed by atoms with Crippen LogP contribution in [-0.2, 0) is 26.2 Å².